The van der Waals surface area contributed by atoms with Crippen LogP contribution in [0.1, 0.15) is 0 Å². The van der Waals surface area contributed by atoms with E-state index in [0.29, 0.717) is 18.9 Å². The molecular formula is C9H13N3O2. The maximum absolute atomic E-state index is 11.3. The van der Waals surface area contributed by atoms with Crippen LogP contribution in [0.3, 0.4) is 0 Å². The third-order valence-corrected chi connectivity index (χ3v) is 1.71. The van der Waals surface area contributed by atoms with Crippen LogP contribution >= 0.6 is 0 Å². The summed E-state index contributed by atoms with van der Waals surface area (Å²) in [6.07, 6.45) is 4.63. The number of H-pyrrole nitrogens is 1. The van der Waals surface area contributed by atoms with E-state index in [1.807, 2.05) is 0 Å². The van der Waals surface area contributed by atoms with Crippen molar-refractivity contribution in [2.75, 3.05) is 24.6 Å². The molecule has 0 aliphatic heterocycles. The highest BCUT2D eigenvalue weighted by molar-refractivity contribution is 5.35. The van der Waals surface area contributed by atoms with Gasteiger partial charge in [-0.25, -0.2) is 4.98 Å². The number of hydrogen-bond donors (Lipinski definition) is 2. The molecule has 0 saturated carbocycles. The van der Waals surface area contributed by atoms with Gasteiger partial charge in [-0.15, -0.1) is 6.58 Å². The molecule has 1 rings (SSSR count). The van der Waals surface area contributed by atoms with Gasteiger partial charge in [-0.2, -0.15) is 0 Å². The van der Waals surface area contributed by atoms with Crippen LogP contribution in [0.4, 0.5) is 5.82 Å². The predicted octanol–water partition coefficient (Wildman–Crippen LogP) is -0.245. The summed E-state index contributed by atoms with van der Waals surface area (Å²) in [7, 11) is 0. The van der Waals surface area contributed by atoms with Crippen molar-refractivity contribution in [1.82, 2.24) is 9.97 Å². The largest absolute Gasteiger partial charge is 0.395 e. The third kappa shape index (κ3) is 2.43. The van der Waals surface area contributed by atoms with Gasteiger partial charge in [-0.1, -0.05) is 6.08 Å². The van der Waals surface area contributed by atoms with Crippen molar-refractivity contribution in [3.8, 4) is 0 Å². The molecule has 0 amide bonds. The summed E-state index contributed by atoms with van der Waals surface area (Å²) in [5, 5.41) is 8.80. The van der Waals surface area contributed by atoms with E-state index in [0.717, 1.165) is 0 Å². The fourth-order valence-electron chi connectivity index (χ4n) is 1.13. The van der Waals surface area contributed by atoms with Gasteiger partial charge in [0.05, 0.1) is 6.61 Å². The fraction of sp³-hybridized carbons (Fsp3) is 0.333. The van der Waals surface area contributed by atoms with Crippen molar-refractivity contribution in [2.24, 2.45) is 0 Å². The Morgan fingerprint density at radius 2 is 2.50 bits per heavy atom. The van der Waals surface area contributed by atoms with Crippen molar-refractivity contribution >= 4 is 5.82 Å². The molecule has 0 unspecified atom stereocenters. The number of rotatable bonds is 5. The van der Waals surface area contributed by atoms with Crippen molar-refractivity contribution in [1.29, 1.82) is 0 Å². The summed E-state index contributed by atoms with van der Waals surface area (Å²) >= 11 is 0. The Morgan fingerprint density at radius 3 is 3.07 bits per heavy atom. The molecule has 0 aliphatic rings. The molecule has 0 radical (unpaired) electrons. The summed E-state index contributed by atoms with van der Waals surface area (Å²) in [5.74, 6) is 0.307. The lowest BCUT2D eigenvalue weighted by atomic mass is 10.4. The number of aliphatic hydroxyl groups is 1. The minimum absolute atomic E-state index is 0.0240. The molecule has 1 heterocycles. The van der Waals surface area contributed by atoms with E-state index in [1.165, 1.54) is 12.4 Å². The van der Waals surface area contributed by atoms with Crippen LogP contribution in [-0.2, 0) is 0 Å². The van der Waals surface area contributed by atoms with Crippen LogP contribution < -0.4 is 10.5 Å². The van der Waals surface area contributed by atoms with Crippen molar-refractivity contribution in [3.05, 3.63) is 35.4 Å². The first-order valence-corrected chi connectivity index (χ1v) is 4.30. The van der Waals surface area contributed by atoms with Crippen LogP contribution in [0.25, 0.3) is 0 Å². The van der Waals surface area contributed by atoms with E-state index in [4.69, 9.17) is 5.11 Å². The number of nitrogens with one attached hydrogen (secondary N) is 1. The number of aliphatic hydroxyl groups excluding tert-OH is 1. The van der Waals surface area contributed by atoms with E-state index >= 15 is 0 Å². The van der Waals surface area contributed by atoms with E-state index in [2.05, 4.69) is 16.5 Å². The van der Waals surface area contributed by atoms with E-state index in [9.17, 15) is 4.79 Å². The summed E-state index contributed by atoms with van der Waals surface area (Å²) in [5.41, 5.74) is -0.261. The van der Waals surface area contributed by atoms with Gasteiger partial charge in [-0.3, -0.25) is 4.79 Å². The quantitative estimate of drug-likeness (QED) is 0.636. The van der Waals surface area contributed by atoms with Crippen LogP contribution in [0, 0.1) is 0 Å². The molecule has 1 aromatic heterocycles. The Labute approximate surface area is 81.7 Å². The van der Waals surface area contributed by atoms with Gasteiger partial charge in [0.2, 0.25) is 0 Å². The lowest BCUT2D eigenvalue weighted by Gasteiger charge is -2.19. The predicted molar refractivity (Wildman–Crippen MR) is 54.4 cm³/mol. The summed E-state index contributed by atoms with van der Waals surface area (Å²) in [4.78, 5) is 19.5. The lowest BCUT2D eigenvalue weighted by molar-refractivity contribution is 0.302. The van der Waals surface area contributed by atoms with Crippen LogP contribution in [0.2, 0.25) is 0 Å². The standard InChI is InChI=1S/C9H13N3O2/c1-2-5-12(6-7-13)8-9(14)11-4-3-10-8/h2-4,13H,1,5-7H2,(H,11,14). The van der Waals surface area contributed by atoms with Crippen LogP contribution in [0.5, 0.6) is 0 Å². The number of nitrogens with zero attached hydrogens (tertiary/aromatic N) is 2. The second-order valence-corrected chi connectivity index (χ2v) is 2.70. The molecule has 14 heavy (non-hydrogen) atoms. The van der Waals surface area contributed by atoms with Crippen molar-refractivity contribution in [3.63, 3.8) is 0 Å². The minimum Gasteiger partial charge on any atom is -0.395 e. The fourth-order valence-corrected chi connectivity index (χ4v) is 1.13. The second kappa shape index (κ2) is 5.18. The highest BCUT2D eigenvalue weighted by Gasteiger charge is 2.08. The Morgan fingerprint density at radius 1 is 1.71 bits per heavy atom. The number of aromatic amines is 1. The zero-order valence-electron chi connectivity index (χ0n) is 7.81. The molecular weight excluding hydrogens is 182 g/mol. The first-order valence-electron chi connectivity index (χ1n) is 4.30. The number of anilines is 1. The van der Waals surface area contributed by atoms with E-state index < -0.39 is 0 Å². The summed E-state index contributed by atoms with van der Waals surface area (Å²) in [6.45, 7) is 4.40. The van der Waals surface area contributed by atoms with Gasteiger partial charge in [0.15, 0.2) is 5.82 Å². The minimum atomic E-state index is -0.261. The zero-order valence-corrected chi connectivity index (χ0v) is 7.81. The molecule has 5 nitrogen and oxygen atoms in total. The molecule has 0 bridgehead atoms. The van der Waals surface area contributed by atoms with Crippen LogP contribution in [-0.4, -0.2) is 34.8 Å². The highest BCUT2D eigenvalue weighted by Crippen LogP contribution is 2.00. The average molecular weight is 195 g/mol. The summed E-state index contributed by atoms with van der Waals surface area (Å²) in [6, 6.07) is 0. The maximum Gasteiger partial charge on any atom is 0.290 e. The van der Waals surface area contributed by atoms with Gasteiger partial charge >= 0.3 is 0 Å². The molecule has 0 fully saturated rings. The third-order valence-electron chi connectivity index (χ3n) is 1.71. The summed E-state index contributed by atoms with van der Waals surface area (Å²) < 4.78 is 0. The number of hydrogen-bond acceptors (Lipinski definition) is 4. The van der Waals surface area contributed by atoms with E-state index in [-0.39, 0.29) is 12.2 Å². The molecule has 5 heteroatoms. The normalized spacial score (nSPS) is 9.79. The van der Waals surface area contributed by atoms with Gasteiger partial charge in [0.25, 0.3) is 5.56 Å². The second-order valence-electron chi connectivity index (χ2n) is 2.70. The van der Waals surface area contributed by atoms with E-state index in [1.54, 1.807) is 11.0 Å². The molecule has 0 aromatic carbocycles. The SMILES string of the molecule is C=CCN(CCO)c1ncc[nH]c1=O. The van der Waals surface area contributed by atoms with Gasteiger partial charge in [0.1, 0.15) is 0 Å². The van der Waals surface area contributed by atoms with Crippen molar-refractivity contribution < 1.29 is 5.11 Å². The van der Waals surface area contributed by atoms with Gasteiger partial charge in [0, 0.05) is 25.5 Å². The number of aromatic nitrogens is 2. The molecule has 0 atom stereocenters. The highest BCUT2D eigenvalue weighted by atomic mass is 16.3. The Hall–Kier alpha value is -1.62. The molecule has 2 N–H and O–H groups in total. The van der Waals surface area contributed by atoms with Crippen LogP contribution in [0.15, 0.2) is 29.8 Å². The smallest absolute Gasteiger partial charge is 0.290 e. The molecule has 1 aromatic rings. The molecule has 0 spiro atoms. The van der Waals surface area contributed by atoms with Gasteiger partial charge in [-0.05, 0) is 0 Å². The molecule has 0 aliphatic carbocycles. The maximum atomic E-state index is 11.3. The zero-order chi connectivity index (χ0) is 10.4. The average Bonchev–Trinajstić information content (AvgIpc) is 2.18. The monoisotopic (exact) mass is 195 g/mol. The molecule has 76 valence electrons. The van der Waals surface area contributed by atoms with Gasteiger partial charge < -0.3 is 15.0 Å². The Balaban J connectivity index is 2.92. The first-order chi connectivity index (χ1) is 6.79. The van der Waals surface area contributed by atoms with Crippen molar-refractivity contribution in [2.45, 2.75) is 0 Å². The Bertz CT molecular complexity index is 348. The molecule has 0 saturated heterocycles. The Kier molecular flexibility index (Phi) is 3.87. The lowest BCUT2D eigenvalue weighted by Crippen LogP contribution is -2.32. The first kappa shape index (κ1) is 10.5. The topological polar surface area (TPSA) is 69.2 Å².